The van der Waals surface area contributed by atoms with Gasteiger partial charge in [0.1, 0.15) is 5.82 Å². The number of aromatic nitrogens is 2. The number of aryl methyl sites for hydroxylation is 2. The van der Waals surface area contributed by atoms with Crippen molar-refractivity contribution in [2.45, 2.75) is 46.3 Å². The molecule has 1 amide bonds. The first-order valence-corrected chi connectivity index (χ1v) is 8.99. The maximum Gasteiger partial charge on any atom is 0.234 e. The summed E-state index contributed by atoms with van der Waals surface area (Å²) in [6, 6.07) is 4.70. The number of hydrogen-bond donors (Lipinski definition) is 1. The van der Waals surface area contributed by atoms with E-state index in [0.717, 1.165) is 23.1 Å². The molecule has 0 aliphatic carbocycles. The molecule has 1 heterocycles. The molecule has 0 saturated carbocycles. The second-order valence-corrected chi connectivity index (χ2v) is 7.31. The SMILES string of the molecule is Cc1ccc(NC(=O)CSc2nc(C)c(C)n2CC(C)C)cc1F. The highest BCUT2D eigenvalue weighted by Gasteiger charge is 2.14. The fraction of sp³-hybridized carbons (Fsp3) is 0.444. The van der Waals surface area contributed by atoms with Gasteiger partial charge in [-0.1, -0.05) is 31.7 Å². The molecule has 0 atom stereocenters. The zero-order chi connectivity index (χ0) is 17.9. The lowest BCUT2D eigenvalue weighted by Gasteiger charge is -2.12. The van der Waals surface area contributed by atoms with Gasteiger partial charge in [0, 0.05) is 17.9 Å². The molecular formula is C18H24FN3OS. The number of amides is 1. The third-order valence-electron chi connectivity index (χ3n) is 3.76. The molecule has 0 fully saturated rings. The fourth-order valence-electron chi connectivity index (χ4n) is 2.31. The van der Waals surface area contributed by atoms with Crippen LogP contribution >= 0.6 is 11.8 Å². The lowest BCUT2D eigenvalue weighted by molar-refractivity contribution is -0.113. The van der Waals surface area contributed by atoms with Crippen molar-refractivity contribution in [2.24, 2.45) is 5.92 Å². The van der Waals surface area contributed by atoms with E-state index in [1.54, 1.807) is 19.1 Å². The van der Waals surface area contributed by atoms with Crippen LogP contribution in [-0.2, 0) is 11.3 Å². The van der Waals surface area contributed by atoms with Crippen LogP contribution in [0.3, 0.4) is 0 Å². The normalized spacial score (nSPS) is 11.1. The summed E-state index contributed by atoms with van der Waals surface area (Å²) < 4.78 is 15.7. The quantitative estimate of drug-likeness (QED) is 0.790. The van der Waals surface area contributed by atoms with Gasteiger partial charge in [0.25, 0.3) is 0 Å². The molecule has 0 bridgehead atoms. The zero-order valence-corrected chi connectivity index (χ0v) is 15.6. The summed E-state index contributed by atoms with van der Waals surface area (Å²) >= 11 is 1.40. The van der Waals surface area contributed by atoms with Gasteiger partial charge in [-0.05, 0) is 44.4 Å². The number of nitrogens with zero attached hydrogens (tertiary/aromatic N) is 2. The van der Waals surface area contributed by atoms with Gasteiger partial charge in [-0.2, -0.15) is 0 Å². The standard InChI is InChI=1S/C18H24FN3OS/c1-11(2)9-22-14(5)13(4)20-18(22)24-10-17(23)21-15-7-6-12(3)16(19)8-15/h6-8,11H,9-10H2,1-5H3,(H,21,23). The highest BCUT2D eigenvalue weighted by atomic mass is 32.2. The van der Waals surface area contributed by atoms with Crippen LogP contribution in [-0.4, -0.2) is 21.2 Å². The third kappa shape index (κ3) is 4.60. The lowest BCUT2D eigenvalue weighted by atomic mass is 10.2. The van der Waals surface area contributed by atoms with Crippen molar-refractivity contribution >= 4 is 23.4 Å². The van der Waals surface area contributed by atoms with E-state index in [-0.39, 0.29) is 17.5 Å². The summed E-state index contributed by atoms with van der Waals surface area (Å²) in [5.41, 5.74) is 3.15. The third-order valence-corrected chi connectivity index (χ3v) is 4.73. The molecule has 6 heteroatoms. The van der Waals surface area contributed by atoms with Gasteiger partial charge in [0.2, 0.25) is 5.91 Å². The number of hydrogen-bond acceptors (Lipinski definition) is 3. The van der Waals surface area contributed by atoms with Gasteiger partial charge < -0.3 is 9.88 Å². The van der Waals surface area contributed by atoms with Crippen molar-refractivity contribution < 1.29 is 9.18 Å². The molecular weight excluding hydrogens is 325 g/mol. The molecule has 2 aromatic rings. The highest BCUT2D eigenvalue weighted by molar-refractivity contribution is 7.99. The number of imidazole rings is 1. The average molecular weight is 349 g/mol. The van der Waals surface area contributed by atoms with E-state index in [1.165, 1.54) is 17.8 Å². The van der Waals surface area contributed by atoms with Crippen molar-refractivity contribution in [2.75, 3.05) is 11.1 Å². The molecule has 1 aromatic carbocycles. The second kappa shape index (κ2) is 7.83. The van der Waals surface area contributed by atoms with Crippen molar-refractivity contribution in [3.63, 3.8) is 0 Å². The van der Waals surface area contributed by atoms with Crippen LogP contribution in [0.25, 0.3) is 0 Å². The molecule has 0 aliphatic rings. The Morgan fingerprint density at radius 3 is 2.67 bits per heavy atom. The summed E-state index contributed by atoms with van der Waals surface area (Å²) in [7, 11) is 0. The van der Waals surface area contributed by atoms with Crippen LogP contribution < -0.4 is 5.32 Å². The van der Waals surface area contributed by atoms with Gasteiger partial charge >= 0.3 is 0 Å². The van der Waals surface area contributed by atoms with Gasteiger partial charge in [0.15, 0.2) is 5.16 Å². The monoisotopic (exact) mass is 349 g/mol. The number of halogens is 1. The summed E-state index contributed by atoms with van der Waals surface area (Å²) in [6.45, 7) is 10.9. The minimum absolute atomic E-state index is 0.169. The smallest absolute Gasteiger partial charge is 0.234 e. The van der Waals surface area contributed by atoms with E-state index in [0.29, 0.717) is 17.2 Å². The van der Waals surface area contributed by atoms with Crippen LogP contribution in [0.5, 0.6) is 0 Å². The first kappa shape index (κ1) is 18.5. The molecule has 24 heavy (non-hydrogen) atoms. The number of carbonyl (C=O) groups is 1. The number of thioether (sulfide) groups is 1. The second-order valence-electron chi connectivity index (χ2n) is 6.37. The molecule has 1 aromatic heterocycles. The molecule has 0 unspecified atom stereocenters. The van der Waals surface area contributed by atoms with E-state index in [2.05, 4.69) is 28.7 Å². The molecule has 4 nitrogen and oxygen atoms in total. The molecule has 0 spiro atoms. The summed E-state index contributed by atoms with van der Waals surface area (Å²) in [5, 5.41) is 3.58. The Labute approximate surface area is 146 Å². The molecule has 0 saturated heterocycles. The van der Waals surface area contributed by atoms with Crippen molar-refractivity contribution in [3.8, 4) is 0 Å². The highest BCUT2D eigenvalue weighted by Crippen LogP contribution is 2.23. The topological polar surface area (TPSA) is 46.9 Å². The van der Waals surface area contributed by atoms with Gasteiger partial charge in [0.05, 0.1) is 11.4 Å². The summed E-state index contributed by atoms with van der Waals surface area (Å²) in [4.78, 5) is 16.7. The molecule has 2 rings (SSSR count). The average Bonchev–Trinajstić information content (AvgIpc) is 2.76. The van der Waals surface area contributed by atoms with Crippen molar-refractivity contribution in [1.29, 1.82) is 0 Å². The number of anilines is 1. The zero-order valence-electron chi connectivity index (χ0n) is 14.8. The summed E-state index contributed by atoms with van der Waals surface area (Å²) in [6.07, 6.45) is 0. The van der Waals surface area contributed by atoms with Crippen molar-refractivity contribution in [1.82, 2.24) is 9.55 Å². The van der Waals surface area contributed by atoms with Gasteiger partial charge in [-0.15, -0.1) is 0 Å². The van der Waals surface area contributed by atoms with Crippen LogP contribution in [0.15, 0.2) is 23.4 Å². The molecule has 1 N–H and O–H groups in total. The van der Waals surface area contributed by atoms with E-state index < -0.39 is 0 Å². The van der Waals surface area contributed by atoms with E-state index in [1.807, 2.05) is 13.8 Å². The Morgan fingerprint density at radius 1 is 1.33 bits per heavy atom. The Kier molecular flexibility index (Phi) is 6.04. The fourth-order valence-corrected chi connectivity index (χ4v) is 3.21. The first-order chi connectivity index (χ1) is 11.3. The molecule has 130 valence electrons. The predicted molar refractivity (Wildman–Crippen MR) is 97.0 cm³/mol. The minimum atomic E-state index is -0.320. The lowest BCUT2D eigenvalue weighted by Crippen LogP contribution is -2.15. The number of benzene rings is 1. The van der Waals surface area contributed by atoms with E-state index in [9.17, 15) is 9.18 Å². The Morgan fingerprint density at radius 2 is 2.04 bits per heavy atom. The Bertz CT molecular complexity index is 740. The van der Waals surface area contributed by atoms with Crippen LogP contribution in [0.2, 0.25) is 0 Å². The number of rotatable bonds is 6. The number of nitrogens with one attached hydrogen (secondary N) is 1. The molecule has 0 radical (unpaired) electrons. The number of carbonyl (C=O) groups excluding carboxylic acids is 1. The molecule has 0 aliphatic heterocycles. The minimum Gasteiger partial charge on any atom is -0.325 e. The van der Waals surface area contributed by atoms with Crippen LogP contribution in [0.4, 0.5) is 10.1 Å². The van der Waals surface area contributed by atoms with Gasteiger partial charge in [-0.3, -0.25) is 4.79 Å². The predicted octanol–water partition coefficient (Wildman–Crippen LogP) is 4.33. The largest absolute Gasteiger partial charge is 0.325 e. The van der Waals surface area contributed by atoms with E-state index >= 15 is 0 Å². The Balaban J connectivity index is 2.01. The maximum absolute atomic E-state index is 13.5. The summed E-state index contributed by atoms with van der Waals surface area (Å²) in [5.74, 6) is 0.251. The first-order valence-electron chi connectivity index (χ1n) is 8.00. The van der Waals surface area contributed by atoms with Crippen molar-refractivity contribution in [3.05, 3.63) is 41.0 Å². The maximum atomic E-state index is 13.5. The Hall–Kier alpha value is -1.82. The van der Waals surface area contributed by atoms with Crippen LogP contribution in [0, 0.1) is 32.5 Å². The van der Waals surface area contributed by atoms with E-state index in [4.69, 9.17) is 0 Å². The van der Waals surface area contributed by atoms with Crippen LogP contribution in [0.1, 0.15) is 30.8 Å². The van der Waals surface area contributed by atoms with Gasteiger partial charge in [-0.25, -0.2) is 9.37 Å².